The third-order valence-corrected chi connectivity index (χ3v) is 2.66. The zero-order chi connectivity index (χ0) is 13.9. The fourth-order valence-corrected chi connectivity index (χ4v) is 1.37. The Hall–Kier alpha value is -1.69. The topological polar surface area (TPSA) is 66.8 Å². The molecule has 0 aromatic heterocycles. The predicted molar refractivity (Wildman–Crippen MR) is 59.5 cm³/mol. The third-order valence-electron chi connectivity index (χ3n) is 2.66. The van der Waals surface area contributed by atoms with Gasteiger partial charge in [-0.15, -0.1) is 0 Å². The Morgan fingerprint density at radius 1 is 1.28 bits per heavy atom. The summed E-state index contributed by atoms with van der Waals surface area (Å²) in [7, 11) is 0. The van der Waals surface area contributed by atoms with Crippen LogP contribution in [-0.2, 0) is 4.79 Å². The molecule has 0 aliphatic rings. The summed E-state index contributed by atoms with van der Waals surface area (Å²) in [5.74, 6) is -1.20. The normalized spacial score (nSPS) is 13.4. The molecule has 0 aliphatic carbocycles. The van der Waals surface area contributed by atoms with Crippen LogP contribution in [0.2, 0.25) is 0 Å². The predicted octanol–water partition coefficient (Wildman–Crippen LogP) is 2.43. The zero-order valence-corrected chi connectivity index (χ0v) is 9.93. The maximum atomic E-state index is 11.9. The average Bonchev–Trinajstić information content (AvgIpc) is 2.28. The molecule has 1 aromatic carbocycles. The lowest BCUT2D eigenvalue weighted by molar-refractivity contribution is -0.153. The smallest absolute Gasteiger partial charge is 0.387 e. The second-order valence-corrected chi connectivity index (χ2v) is 4.38. The highest BCUT2D eigenvalue weighted by Gasteiger charge is 2.36. The minimum atomic E-state index is -2.92. The van der Waals surface area contributed by atoms with Crippen molar-refractivity contribution in [3.63, 3.8) is 0 Å². The van der Waals surface area contributed by atoms with E-state index < -0.39 is 24.1 Å². The number of rotatable bonds is 5. The first-order valence-corrected chi connectivity index (χ1v) is 5.21. The molecule has 1 rings (SSSR count). The van der Waals surface area contributed by atoms with Gasteiger partial charge in [0.15, 0.2) is 0 Å². The highest BCUT2D eigenvalue weighted by molar-refractivity contribution is 5.74. The van der Waals surface area contributed by atoms with E-state index in [4.69, 9.17) is 5.11 Å². The van der Waals surface area contributed by atoms with Crippen LogP contribution in [0.3, 0.4) is 0 Å². The first-order valence-electron chi connectivity index (χ1n) is 5.21. The van der Waals surface area contributed by atoms with E-state index in [1.165, 1.54) is 38.1 Å². The molecule has 18 heavy (non-hydrogen) atoms. The second kappa shape index (κ2) is 5.30. The van der Waals surface area contributed by atoms with Crippen molar-refractivity contribution in [2.75, 3.05) is 0 Å². The number of hydrogen-bond acceptors (Lipinski definition) is 3. The van der Waals surface area contributed by atoms with Crippen LogP contribution >= 0.6 is 0 Å². The van der Waals surface area contributed by atoms with Gasteiger partial charge in [0.1, 0.15) is 5.75 Å². The molecule has 0 amide bonds. The summed E-state index contributed by atoms with van der Waals surface area (Å²) in [4.78, 5) is 11.0. The number of hydrogen-bond donors (Lipinski definition) is 2. The summed E-state index contributed by atoms with van der Waals surface area (Å²) in [5.41, 5.74) is -1.05. The average molecular weight is 260 g/mol. The number of aliphatic hydroxyl groups excluding tert-OH is 1. The molecular formula is C12H14F2O4. The summed E-state index contributed by atoms with van der Waals surface area (Å²) in [5, 5.41) is 18.9. The van der Waals surface area contributed by atoms with Crippen LogP contribution in [0.15, 0.2) is 24.3 Å². The Morgan fingerprint density at radius 2 is 1.78 bits per heavy atom. The maximum Gasteiger partial charge on any atom is 0.387 e. The molecule has 6 heteroatoms. The number of aliphatic hydroxyl groups is 1. The number of benzene rings is 1. The summed E-state index contributed by atoms with van der Waals surface area (Å²) >= 11 is 0. The molecule has 4 nitrogen and oxygen atoms in total. The van der Waals surface area contributed by atoms with Crippen LogP contribution < -0.4 is 4.74 Å². The van der Waals surface area contributed by atoms with Gasteiger partial charge in [-0.05, 0) is 31.5 Å². The van der Waals surface area contributed by atoms with Gasteiger partial charge in [0.2, 0.25) is 0 Å². The molecule has 1 atom stereocenters. The van der Waals surface area contributed by atoms with E-state index in [0.717, 1.165) is 0 Å². The highest BCUT2D eigenvalue weighted by atomic mass is 19.3. The lowest BCUT2D eigenvalue weighted by atomic mass is 9.83. The van der Waals surface area contributed by atoms with Crippen molar-refractivity contribution < 1.29 is 28.5 Å². The van der Waals surface area contributed by atoms with Gasteiger partial charge in [-0.2, -0.15) is 8.78 Å². The number of alkyl halides is 2. The number of aliphatic carboxylic acids is 1. The van der Waals surface area contributed by atoms with Crippen molar-refractivity contribution in [2.45, 2.75) is 26.6 Å². The SMILES string of the molecule is CC(C)(C(=O)O)C(O)c1ccc(OC(F)F)cc1. The molecule has 0 saturated carbocycles. The van der Waals surface area contributed by atoms with E-state index in [0.29, 0.717) is 5.56 Å². The summed E-state index contributed by atoms with van der Waals surface area (Å²) in [6.45, 7) is -0.163. The van der Waals surface area contributed by atoms with Gasteiger partial charge in [0, 0.05) is 0 Å². The quantitative estimate of drug-likeness (QED) is 0.853. The Labute approximate surface area is 103 Å². The number of carbonyl (C=O) groups is 1. The molecule has 0 radical (unpaired) electrons. The molecule has 0 saturated heterocycles. The minimum Gasteiger partial charge on any atom is -0.481 e. The maximum absolute atomic E-state index is 11.9. The monoisotopic (exact) mass is 260 g/mol. The van der Waals surface area contributed by atoms with Crippen LogP contribution in [0.25, 0.3) is 0 Å². The molecule has 2 N–H and O–H groups in total. The van der Waals surface area contributed by atoms with Crippen LogP contribution in [0, 0.1) is 5.41 Å². The standard InChI is InChI=1S/C12H14F2O4/c1-12(2,10(16)17)9(15)7-3-5-8(6-4-7)18-11(13)14/h3-6,9,11,15H,1-2H3,(H,16,17). The molecule has 0 spiro atoms. The van der Waals surface area contributed by atoms with Crippen molar-refractivity contribution in [3.05, 3.63) is 29.8 Å². The van der Waals surface area contributed by atoms with Gasteiger partial charge in [-0.1, -0.05) is 12.1 Å². The largest absolute Gasteiger partial charge is 0.481 e. The van der Waals surface area contributed by atoms with Gasteiger partial charge in [-0.25, -0.2) is 0 Å². The number of carboxylic acids is 1. The van der Waals surface area contributed by atoms with E-state index in [2.05, 4.69) is 4.74 Å². The Morgan fingerprint density at radius 3 is 2.17 bits per heavy atom. The number of ether oxygens (including phenoxy) is 1. The Kier molecular flexibility index (Phi) is 4.24. The van der Waals surface area contributed by atoms with Crippen molar-refractivity contribution in [1.82, 2.24) is 0 Å². The Balaban J connectivity index is 2.88. The van der Waals surface area contributed by atoms with E-state index in [9.17, 15) is 18.7 Å². The molecule has 0 heterocycles. The first-order chi connectivity index (χ1) is 8.25. The molecule has 1 aromatic rings. The third kappa shape index (κ3) is 3.16. The van der Waals surface area contributed by atoms with Crippen LogP contribution in [0.4, 0.5) is 8.78 Å². The van der Waals surface area contributed by atoms with Crippen molar-refractivity contribution in [2.24, 2.45) is 5.41 Å². The van der Waals surface area contributed by atoms with Gasteiger partial charge in [-0.3, -0.25) is 4.79 Å². The van der Waals surface area contributed by atoms with E-state index in [-0.39, 0.29) is 5.75 Å². The second-order valence-electron chi connectivity index (χ2n) is 4.38. The van der Waals surface area contributed by atoms with Crippen LogP contribution in [0.5, 0.6) is 5.75 Å². The van der Waals surface area contributed by atoms with Crippen molar-refractivity contribution in [1.29, 1.82) is 0 Å². The van der Waals surface area contributed by atoms with E-state index >= 15 is 0 Å². The van der Waals surface area contributed by atoms with Gasteiger partial charge < -0.3 is 14.9 Å². The van der Waals surface area contributed by atoms with E-state index in [1.807, 2.05) is 0 Å². The minimum absolute atomic E-state index is 0.0471. The van der Waals surface area contributed by atoms with Crippen LogP contribution in [-0.4, -0.2) is 22.8 Å². The van der Waals surface area contributed by atoms with Crippen LogP contribution in [0.1, 0.15) is 25.5 Å². The highest BCUT2D eigenvalue weighted by Crippen LogP contribution is 2.34. The molecule has 1 unspecified atom stereocenters. The number of halogens is 2. The fraction of sp³-hybridized carbons (Fsp3) is 0.417. The lowest BCUT2D eigenvalue weighted by Gasteiger charge is -2.26. The molecule has 0 fully saturated rings. The van der Waals surface area contributed by atoms with E-state index in [1.54, 1.807) is 0 Å². The summed E-state index contributed by atoms with van der Waals surface area (Å²) in [6.07, 6.45) is -1.24. The zero-order valence-electron chi connectivity index (χ0n) is 9.93. The lowest BCUT2D eigenvalue weighted by Crippen LogP contribution is -2.31. The number of carboxylic acid groups (broad SMARTS) is 1. The summed E-state index contributed by atoms with van der Waals surface area (Å²) in [6, 6.07) is 5.21. The van der Waals surface area contributed by atoms with Gasteiger partial charge in [0.05, 0.1) is 11.5 Å². The molecule has 100 valence electrons. The fourth-order valence-electron chi connectivity index (χ4n) is 1.37. The molecular weight excluding hydrogens is 246 g/mol. The van der Waals surface area contributed by atoms with Gasteiger partial charge in [0.25, 0.3) is 0 Å². The Bertz CT molecular complexity index is 415. The van der Waals surface area contributed by atoms with Crippen molar-refractivity contribution in [3.8, 4) is 5.75 Å². The molecule has 0 bridgehead atoms. The molecule has 0 aliphatic heterocycles. The summed E-state index contributed by atoms with van der Waals surface area (Å²) < 4.78 is 28.0. The van der Waals surface area contributed by atoms with Gasteiger partial charge >= 0.3 is 12.6 Å². The van der Waals surface area contributed by atoms with Crippen molar-refractivity contribution >= 4 is 5.97 Å². The first kappa shape index (κ1) is 14.4.